The van der Waals surface area contributed by atoms with Crippen LogP contribution in [-0.4, -0.2) is 41.3 Å². The van der Waals surface area contributed by atoms with Gasteiger partial charge in [0.05, 0.1) is 12.2 Å². The topological polar surface area (TPSA) is 62.3 Å². The molecule has 0 unspecified atom stereocenters. The third-order valence-electron chi connectivity index (χ3n) is 4.84. The molecule has 0 bridgehead atoms. The van der Waals surface area contributed by atoms with E-state index in [0.717, 1.165) is 49.3 Å². The zero-order chi connectivity index (χ0) is 18.5. The van der Waals surface area contributed by atoms with Gasteiger partial charge in [0.1, 0.15) is 0 Å². The van der Waals surface area contributed by atoms with Gasteiger partial charge >= 0.3 is 0 Å². The smallest absolute Gasteiger partial charge is 0.251 e. The van der Waals surface area contributed by atoms with Gasteiger partial charge in [-0.1, -0.05) is 25.1 Å². The highest BCUT2D eigenvalue weighted by atomic mass is 16.2. The summed E-state index contributed by atoms with van der Waals surface area (Å²) in [6.07, 6.45) is 2.99. The van der Waals surface area contributed by atoms with Gasteiger partial charge in [0.15, 0.2) is 0 Å². The van der Waals surface area contributed by atoms with Crippen molar-refractivity contribution in [3.05, 3.63) is 53.2 Å². The summed E-state index contributed by atoms with van der Waals surface area (Å²) >= 11 is 0. The Morgan fingerprint density at radius 1 is 1.08 bits per heavy atom. The largest absolute Gasteiger partial charge is 0.343 e. The minimum atomic E-state index is -0.227. The molecular weight excluding hydrogens is 326 g/mol. The Morgan fingerprint density at radius 3 is 2.42 bits per heavy atom. The van der Waals surface area contributed by atoms with Gasteiger partial charge in [-0.05, 0) is 49.9 Å². The Balaban J connectivity index is 1.63. The van der Waals surface area contributed by atoms with Crippen LogP contribution in [-0.2, 0) is 11.2 Å². The number of rotatable bonds is 5. The average Bonchev–Trinajstić information content (AvgIpc) is 3.21. The van der Waals surface area contributed by atoms with Crippen molar-refractivity contribution in [3.8, 4) is 11.3 Å². The van der Waals surface area contributed by atoms with Gasteiger partial charge in [-0.3, -0.25) is 14.6 Å². The molecule has 1 aliphatic rings. The number of hydrogen-bond acceptors (Lipinski definition) is 3. The predicted octanol–water partition coefficient (Wildman–Crippen LogP) is 2.97. The third-order valence-corrected chi connectivity index (χ3v) is 4.84. The standard InChI is InChI=1S/C21H25N3O2/c1-3-18-15(2)6-11-19(23-18)16-7-9-17(10-8-16)21(26)22-14-20(25)24-12-4-5-13-24/h6-11H,3-5,12-14H2,1-2H3,(H,22,26). The molecule has 5 heteroatoms. The van der Waals surface area contributed by atoms with E-state index in [1.807, 2.05) is 18.2 Å². The van der Waals surface area contributed by atoms with Gasteiger partial charge in [-0.25, -0.2) is 0 Å². The van der Waals surface area contributed by atoms with Crippen LogP contribution >= 0.6 is 0 Å². The van der Waals surface area contributed by atoms with Crippen LogP contribution in [0, 0.1) is 6.92 Å². The molecule has 1 aliphatic heterocycles. The highest BCUT2D eigenvalue weighted by Crippen LogP contribution is 2.20. The zero-order valence-electron chi connectivity index (χ0n) is 15.4. The molecule has 0 spiro atoms. The van der Waals surface area contributed by atoms with Crippen LogP contribution in [0.1, 0.15) is 41.4 Å². The second-order valence-corrected chi connectivity index (χ2v) is 6.66. The lowest BCUT2D eigenvalue weighted by atomic mass is 10.1. The van der Waals surface area contributed by atoms with Gasteiger partial charge in [-0.15, -0.1) is 0 Å². The molecule has 1 aromatic heterocycles. The van der Waals surface area contributed by atoms with E-state index in [1.165, 1.54) is 5.56 Å². The van der Waals surface area contributed by atoms with Crippen LogP contribution in [0.2, 0.25) is 0 Å². The third kappa shape index (κ3) is 4.10. The first-order chi connectivity index (χ1) is 12.6. The number of carbonyl (C=O) groups is 2. The average molecular weight is 351 g/mol. The first-order valence-electron chi connectivity index (χ1n) is 9.21. The SMILES string of the molecule is CCc1nc(-c2ccc(C(=O)NCC(=O)N3CCCC3)cc2)ccc1C. The van der Waals surface area contributed by atoms with E-state index in [2.05, 4.69) is 30.2 Å². The van der Waals surface area contributed by atoms with E-state index >= 15 is 0 Å². The number of hydrogen-bond donors (Lipinski definition) is 1. The number of pyridine rings is 1. The van der Waals surface area contributed by atoms with Crippen LogP contribution in [0.5, 0.6) is 0 Å². The fraction of sp³-hybridized carbons (Fsp3) is 0.381. The van der Waals surface area contributed by atoms with Crippen molar-refractivity contribution in [1.82, 2.24) is 15.2 Å². The highest BCUT2D eigenvalue weighted by molar-refractivity contribution is 5.96. The summed E-state index contributed by atoms with van der Waals surface area (Å²) in [6.45, 7) is 5.81. The van der Waals surface area contributed by atoms with Crippen LogP contribution in [0.4, 0.5) is 0 Å². The summed E-state index contributed by atoms with van der Waals surface area (Å²) in [5.41, 5.74) is 4.71. The van der Waals surface area contributed by atoms with Gasteiger partial charge in [-0.2, -0.15) is 0 Å². The molecule has 1 aromatic carbocycles. The van der Waals surface area contributed by atoms with Crippen molar-refractivity contribution in [1.29, 1.82) is 0 Å². The number of aromatic nitrogens is 1. The van der Waals surface area contributed by atoms with Gasteiger partial charge in [0.2, 0.25) is 5.91 Å². The zero-order valence-corrected chi connectivity index (χ0v) is 15.4. The molecule has 2 heterocycles. The van der Waals surface area contributed by atoms with E-state index < -0.39 is 0 Å². The van der Waals surface area contributed by atoms with Crippen molar-refractivity contribution < 1.29 is 9.59 Å². The predicted molar refractivity (Wildman–Crippen MR) is 102 cm³/mol. The van der Waals surface area contributed by atoms with Gasteiger partial charge in [0, 0.05) is 29.9 Å². The van der Waals surface area contributed by atoms with E-state index in [4.69, 9.17) is 0 Å². The summed E-state index contributed by atoms with van der Waals surface area (Å²) in [5.74, 6) is -0.237. The lowest BCUT2D eigenvalue weighted by Crippen LogP contribution is -2.38. The molecule has 136 valence electrons. The number of benzene rings is 1. The lowest BCUT2D eigenvalue weighted by molar-refractivity contribution is -0.129. The second-order valence-electron chi connectivity index (χ2n) is 6.66. The second kappa shape index (κ2) is 8.13. The number of carbonyl (C=O) groups excluding carboxylic acids is 2. The minimum Gasteiger partial charge on any atom is -0.343 e. The van der Waals surface area contributed by atoms with E-state index in [-0.39, 0.29) is 18.4 Å². The first kappa shape index (κ1) is 18.1. The molecule has 3 rings (SSSR count). The maximum absolute atomic E-state index is 12.3. The Morgan fingerprint density at radius 2 is 1.77 bits per heavy atom. The Labute approximate surface area is 154 Å². The number of nitrogens with zero attached hydrogens (tertiary/aromatic N) is 2. The van der Waals surface area contributed by atoms with E-state index in [0.29, 0.717) is 5.56 Å². The van der Waals surface area contributed by atoms with Crippen molar-refractivity contribution in [2.75, 3.05) is 19.6 Å². The summed E-state index contributed by atoms with van der Waals surface area (Å²) in [7, 11) is 0. The van der Waals surface area contributed by atoms with Crippen LogP contribution in [0.25, 0.3) is 11.3 Å². The van der Waals surface area contributed by atoms with E-state index in [9.17, 15) is 9.59 Å². The molecule has 26 heavy (non-hydrogen) atoms. The number of aryl methyl sites for hydroxylation is 2. The molecule has 1 fully saturated rings. The number of nitrogens with one attached hydrogen (secondary N) is 1. The van der Waals surface area contributed by atoms with Gasteiger partial charge in [0.25, 0.3) is 5.91 Å². The molecule has 1 N–H and O–H groups in total. The summed E-state index contributed by atoms with van der Waals surface area (Å²) in [4.78, 5) is 30.8. The normalized spacial score (nSPS) is 13.7. The molecule has 2 amide bonds. The van der Waals surface area contributed by atoms with Crippen molar-refractivity contribution >= 4 is 11.8 Å². The molecule has 0 atom stereocenters. The summed E-state index contributed by atoms with van der Waals surface area (Å²) in [6, 6.07) is 11.4. The van der Waals surface area contributed by atoms with Crippen LogP contribution in [0.15, 0.2) is 36.4 Å². The fourth-order valence-electron chi connectivity index (χ4n) is 3.22. The first-order valence-corrected chi connectivity index (χ1v) is 9.21. The van der Waals surface area contributed by atoms with Crippen molar-refractivity contribution in [2.24, 2.45) is 0 Å². The molecule has 0 saturated carbocycles. The molecular formula is C21H25N3O2. The summed E-state index contributed by atoms with van der Waals surface area (Å²) in [5, 5.41) is 2.71. The van der Waals surface area contributed by atoms with Gasteiger partial charge < -0.3 is 10.2 Å². The van der Waals surface area contributed by atoms with E-state index in [1.54, 1.807) is 17.0 Å². The Kier molecular flexibility index (Phi) is 5.66. The Bertz CT molecular complexity index is 793. The molecule has 0 aliphatic carbocycles. The molecule has 1 saturated heterocycles. The molecule has 0 radical (unpaired) electrons. The van der Waals surface area contributed by atoms with Crippen LogP contribution in [0.3, 0.4) is 0 Å². The van der Waals surface area contributed by atoms with Crippen molar-refractivity contribution in [3.63, 3.8) is 0 Å². The quantitative estimate of drug-likeness (QED) is 0.901. The number of likely N-dealkylation sites (tertiary alicyclic amines) is 1. The Hall–Kier alpha value is -2.69. The molecule has 2 aromatic rings. The maximum atomic E-state index is 12.3. The molecule has 5 nitrogen and oxygen atoms in total. The lowest BCUT2D eigenvalue weighted by Gasteiger charge is -2.15. The fourth-order valence-corrected chi connectivity index (χ4v) is 3.22. The minimum absolute atomic E-state index is 0.0107. The van der Waals surface area contributed by atoms with Crippen LogP contribution < -0.4 is 5.32 Å². The monoisotopic (exact) mass is 351 g/mol. The summed E-state index contributed by atoms with van der Waals surface area (Å²) < 4.78 is 0. The maximum Gasteiger partial charge on any atom is 0.251 e. The van der Waals surface area contributed by atoms with Crippen molar-refractivity contribution in [2.45, 2.75) is 33.1 Å². The highest BCUT2D eigenvalue weighted by Gasteiger charge is 2.18. The number of amides is 2.